The number of likely N-dealkylation sites (N-methyl/N-ethyl adjacent to an activating group) is 1. The van der Waals surface area contributed by atoms with E-state index in [0.29, 0.717) is 50.6 Å². The molecule has 29 heavy (non-hydrogen) atoms. The summed E-state index contributed by atoms with van der Waals surface area (Å²) in [5.74, 6) is 0.559. The fraction of sp³-hybridized carbons (Fsp3) is 0.667. The Morgan fingerprint density at radius 1 is 1.21 bits per heavy atom. The molecule has 0 bridgehead atoms. The van der Waals surface area contributed by atoms with Crippen molar-refractivity contribution >= 4 is 34.1 Å². The fourth-order valence-corrected chi connectivity index (χ4v) is 6.07. The maximum Gasteiger partial charge on any atom is 0.257 e. The first-order valence-electron chi connectivity index (χ1n) is 10.5. The molecule has 0 aromatic carbocycles. The second-order valence-corrected chi connectivity index (χ2v) is 9.39. The van der Waals surface area contributed by atoms with E-state index < -0.39 is 0 Å². The Kier molecular flexibility index (Phi) is 5.92. The van der Waals surface area contributed by atoms with Crippen LogP contribution in [0.3, 0.4) is 0 Å². The van der Waals surface area contributed by atoms with Crippen LogP contribution in [0.1, 0.15) is 52.9 Å². The molecule has 3 amide bonds. The van der Waals surface area contributed by atoms with Crippen molar-refractivity contribution in [1.82, 2.24) is 9.80 Å². The summed E-state index contributed by atoms with van der Waals surface area (Å²) in [6.07, 6.45) is 6.11. The zero-order valence-electron chi connectivity index (χ0n) is 17.2. The summed E-state index contributed by atoms with van der Waals surface area (Å²) in [6.45, 7) is 2.10. The van der Waals surface area contributed by atoms with Gasteiger partial charge in [-0.05, 0) is 30.7 Å². The molecule has 1 aromatic rings. The minimum atomic E-state index is -0.100. The van der Waals surface area contributed by atoms with Gasteiger partial charge in [-0.15, -0.1) is 11.3 Å². The first-order valence-corrected chi connectivity index (χ1v) is 11.3. The number of ether oxygens (including phenoxy) is 1. The molecule has 0 radical (unpaired) electrons. The highest BCUT2D eigenvalue weighted by Gasteiger charge is 2.37. The number of rotatable bonds is 5. The molecule has 1 saturated carbocycles. The topological polar surface area (TPSA) is 70.2 Å². The van der Waals surface area contributed by atoms with Gasteiger partial charge in [0.2, 0.25) is 11.8 Å². The summed E-state index contributed by atoms with van der Waals surface area (Å²) in [5.41, 5.74) is 1.67. The molecule has 1 aromatic heterocycles. The van der Waals surface area contributed by atoms with Crippen molar-refractivity contribution in [2.24, 2.45) is 5.92 Å². The third-order valence-electron chi connectivity index (χ3n) is 6.33. The SMILES string of the molecule is COCCN1C(=O)CN(C)C(=O)c2c1sc1c2CCN(C(=O)CC2CCCC2)C1. The molecule has 7 nitrogen and oxygen atoms in total. The first kappa shape index (κ1) is 20.3. The fourth-order valence-electron chi connectivity index (χ4n) is 4.68. The summed E-state index contributed by atoms with van der Waals surface area (Å²) in [4.78, 5) is 44.7. The highest BCUT2D eigenvalue weighted by atomic mass is 32.1. The minimum absolute atomic E-state index is 0.0741. The molecule has 3 aliphatic rings. The molecule has 0 saturated heterocycles. The zero-order chi connectivity index (χ0) is 20.5. The third-order valence-corrected chi connectivity index (χ3v) is 7.57. The van der Waals surface area contributed by atoms with E-state index in [1.165, 1.54) is 29.1 Å². The van der Waals surface area contributed by atoms with Crippen LogP contribution >= 0.6 is 11.3 Å². The van der Waals surface area contributed by atoms with Crippen LogP contribution < -0.4 is 4.90 Å². The first-order chi connectivity index (χ1) is 14.0. The molecular formula is C21H29N3O4S. The normalized spacial score (nSPS) is 20.1. The van der Waals surface area contributed by atoms with E-state index in [1.54, 1.807) is 19.1 Å². The summed E-state index contributed by atoms with van der Waals surface area (Å²) in [7, 11) is 3.28. The van der Waals surface area contributed by atoms with Gasteiger partial charge in [0.25, 0.3) is 5.91 Å². The van der Waals surface area contributed by atoms with Crippen LogP contribution in [0.4, 0.5) is 5.00 Å². The Balaban J connectivity index is 1.60. The monoisotopic (exact) mass is 419 g/mol. The van der Waals surface area contributed by atoms with Gasteiger partial charge in [-0.2, -0.15) is 0 Å². The molecule has 0 spiro atoms. The smallest absolute Gasteiger partial charge is 0.257 e. The van der Waals surface area contributed by atoms with Crippen molar-refractivity contribution in [2.75, 3.05) is 45.3 Å². The number of amides is 3. The second kappa shape index (κ2) is 8.44. The summed E-state index contributed by atoms with van der Waals surface area (Å²) >= 11 is 1.49. The number of methoxy groups -OCH3 is 1. The predicted octanol–water partition coefficient (Wildman–Crippen LogP) is 2.28. The lowest BCUT2D eigenvalue weighted by atomic mass is 9.99. The van der Waals surface area contributed by atoms with Gasteiger partial charge in [0.05, 0.1) is 25.3 Å². The summed E-state index contributed by atoms with van der Waals surface area (Å²) in [5, 5.41) is 0.719. The predicted molar refractivity (Wildman–Crippen MR) is 111 cm³/mol. The van der Waals surface area contributed by atoms with Crippen molar-refractivity contribution in [2.45, 2.75) is 45.1 Å². The van der Waals surface area contributed by atoms with Crippen LogP contribution in [0.15, 0.2) is 0 Å². The maximum atomic E-state index is 13.0. The quantitative estimate of drug-likeness (QED) is 0.734. The molecule has 8 heteroatoms. The van der Waals surface area contributed by atoms with Gasteiger partial charge >= 0.3 is 0 Å². The molecular weight excluding hydrogens is 390 g/mol. The standard InChI is InChI=1S/C21H29N3O4S/c1-22-13-18(26)24(9-10-28-2)21-19(20(22)27)15-7-8-23(12-16(15)29-21)17(25)11-14-5-3-4-6-14/h14H,3-13H2,1-2H3. The molecule has 0 unspecified atom stereocenters. The van der Waals surface area contributed by atoms with Crippen LogP contribution in [0.2, 0.25) is 0 Å². The van der Waals surface area contributed by atoms with Gasteiger partial charge in [-0.1, -0.05) is 12.8 Å². The van der Waals surface area contributed by atoms with Crippen molar-refractivity contribution in [3.05, 3.63) is 16.0 Å². The number of hydrogen-bond acceptors (Lipinski definition) is 5. The van der Waals surface area contributed by atoms with Gasteiger partial charge in [0.1, 0.15) is 11.5 Å². The lowest BCUT2D eigenvalue weighted by molar-refractivity contribution is -0.133. The van der Waals surface area contributed by atoms with Crippen molar-refractivity contribution in [3.63, 3.8) is 0 Å². The number of thiophene rings is 1. The van der Waals surface area contributed by atoms with Gasteiger partial charge in [0.15, 0.2) is 0 Å². The van der Waals surface area contributed by atoms with E-state index in [0.717, 1.165) is 28.3 Å². The van der Waals surface area contributed by atoms with Gasteiger partial charge in [0, 0.05) is 32.0 Å². The van der Waals surface area contributed by atoms with Gasteiger partial charge in [-0.3, -0.25) is 19.3 Å². The van der Waals surface area contributed by atoms with E-state index >= 15 is 0 Å². The molecule has 1 aliphatic carbocycles. The largest absolute Gasteiger partial charge is 0.383 e. The van der Waals surface area contributed by atoms with E-state index in [2.05, 4.69) is 0 Å². The summed E-state index contributed by atoms with van der Waals surface area (Å²) < 4.78 is 5.18. The van der Waals surface area contributed by atoms with Gasteiger partial charge in [-0.25, -0.2) is 0 Å². The Labute approximate surface area is 175 Å². The Hall–Kier alpha value is -1.93. The van der Waals surface area contributed by atoms with Crippen LogP contribution in [0, 0.1) is 5.92 Å². The highest BCUT2D eigenvalue weighted by molar-refractivity contribution is 7.17. The third kappa shape index (κ3) is 3.92. The van der Waals surface area contributed by atoms with E-state index in [9.17, 15) is 14.4 Å². The van der Waals surface area contributed by atoms with E-state index in [-0.39, 0.29) is 24.3 Å². The molecule has 1 fully saturated rings. The van der Waals surface area contributed by atoms with Crippen molar-refractivity contribution < 1.29 is 19.1 Å². The zero-order valence-corrected chi connectivity index (χ0v) is 18.1. The molecule has 0 atom stereocenters. The Morgan fingerprint density at radius 2 is 1.97 bits per heavy atom. The number of hydrogen-bond donors (Lipinski definition) is 0. The number of anilines is 1. The maximum absolute atomic E-state index is 13.0. The highest BCUT2D eigenvalue weighted by Crippen LogP contribution is 2.41. The van der Waals surface area contributed by atoms with Crippen LogP contribution in [-0.2, 0) is 27.3 Å². The molecule has 158 valence electrons. The van der Waals surface area contributed by atoms with Crippen LogP contribution in [0.5, 0.6) is 0 Å². The van der Waals surface area contributed by atoms with Crippen molar-refractivity contribution in [3.8, 4) is 0 Å². The molecule has 3 heterocycles. The number of nitrogens with zero attached hydrogens (tertiary/aromatic N) is 3. The van der Waals surface area contributed by atoms with Crippen LogP contribution in [-0.4, -0.2) is 67.9 Å². The van der Waals surface area contributed by atoms with Gasteiger partial charge < -0.3 is 14.5 Å². The summed E-state index contributed by atoms with van der Waals surface area (Å²) in [6, 6.07) is 0. The molecule has 0 N–H and O–H groups in total. The lowest BCUT2D eigenvalue weighted by Gasteiger charge is -2.28. The average Bonchev–Trinajstić information content (AvgIpc) is 3.32. The Bertz CT molecular complexity index is 815. The number of carbonyl (C=O) groups is 3. The second-order valence-electron chi connectivity index (χ2n) is 8.30. The number of fused-ring (bicyclic) bond motifs is 3. The molecule has 4 rings (SSSR count). The molecule has 2 aliphatic heterocycles. The minimum Gasteiger partial charge on any atom is -0.383 e. The average molecular weight is 420 g/mol. The lowest BCUT2D eigenvalue weighted by Crippen LogP contribution is -2.39. The number of carbonyl (C=O) groups excluding carboxylic acids is 3. The Morgan fingerprint density at radius 3 is 2.69 bits per heavy atom. The van der Waals surface area contributed by atoms with Crippen molar-refractivity contribution in [1.29, 1.82) is 0 Å². The van der Waals surface area contributed by atoms with E-state index in [1.807, 2.05) is 4.90 Å². The van der Waals surface area contributed by atoms with E-state index in [4.69, 9.17) is 4.74 Å². The van der Waals surface area contributed by atoms with Crippen LogP contribution in [0.25, 0.3) is 0 Å².